The van der Waals surface area contributed by atoms with Crippen molar-refractivity contribution in [3.8, 4) is 29.5 Å². The monoisotopic (exact) mass is 1090 g/mol. The van der Waals surface area contributed by atoms with Crippen LogP contribution in [0.15, 0.2) is 49.8 Å². The molecule has 0 spiro atoms. The molecule has 0 radical (unpaired) electrons. The van der Waals surface area contributed by atoms with Crippen molar-refractivity contribution >= 4 is 65.4 Å². The second-order valence-electron chi connectivity index (χ2n) is 12.4. The molecule has 0 aliphatic carbocycles. The summed E-state index contributed by atoms with van der Waals surface area (Å²) >= 11 is 8.49. The number of carboxylic acid groups (broad SMARTS) is 1. The maximum atomic E-state index is 13.9. The van der Waals surface area contributed by atoms with Gasteiger partial charge in [0.05, 0.1) is 42.6 Å². The predicted octanol–water partition coefficient (Wildman–Crippen LogP) is 9.52. The summed E-state index contributed by atoms with van der Waals surface area (Å²) in [5.74, 6) is -16.2. The number of carboxylic acids is 1. The second kappa shape index (κ2) is 25.7. The van der Waals surface area contributed by atoms with E-state index in [4.69, 9.17) is 29.8 Å². The Morgan fingerprint density at radius 1 is 0.645 bits per heavy atom. The molecule has 0 aliphatic rings. The van der Waals surface area contributed by atoms with Crippen molar-refractivity contribution in [2.75, 3.05) is 0 Å². The fourth-order valence-corrected chi connectivity index (χ4v) is 5.44. The van der Waals surface area contributed by atoms with Gasteiger partial charge in [0.15, 0.2) is 30.0 Å². The van der Waals surface area contributed by atoms with Gasteiger partial charge in [0, 0.05) is 37.5 Å². The van der Waals surface area contributed by atoms with Gasteiger partial charge in [0.1, 0.15) is 34.7 Å². The molecular weight excluding hydrogens is 1060 g/mol. The van der Waals surface area contributed by atoms with Crippen molar-refractivity contribution in [1.29, 1.82) is 10.5 Å². The number of aliphatic carboxylic acids is 1. The normalized spacial score (nSPS) is 12.5. The number of halogens is 12. The number of benzene rings is 3. The van der Waals surface area contributed by atoms with Crippen LogP contribution in [0.25, 0.3) is 5.32 Å². The van der Waals surface area contributed by atoms with Crippen LogP contribution in [0.1, 0.15) is 83.9 Å². The number of carbonyl (C=O) groups is 3. The number of ether oxygens (including phenoxy) is 3. The summed E-state index contributed by atoms with van der Waals surface area (Å²) in [7, 11) is 0. The molecule has 0 saturated heterocycles. The van der Waals surface area contributed by atoms with Crippen LogP contribution in [0, 0.1) is 40.2 Å². The fraction of sp³-hybridized carbons (Fsp3) is 0.410. The number of nitrogens with zero attached hydrogens (tertiary/aromatic N) is 3. The fourth-order valence-electron chi connectivity index (χ4n) is 4.41. The molecule has 3 atom stereocenters. The Morgan fingerprint density at radius 2 is 0.952 bits per heavy atom. The van der Waals surface area contributed by atoms with Crippen molar-refractivity contribution in [2.45, 2.75) is 103 Å². The van der Waals surface area contributed by atoms with Crippen molar-refractivity contribution in [3.63, 3.8) is 0 Å². The first-order valence-corrected chi connectivity index (χ1v) is 19.9. The molecule has 0 aromatic heterocycles. The number of nitriles is 2. The van der Waals surface area contributed by atoms with Crippen LogP contribution in [0.4, 0.5) is 39.5 Å². The molecule has 0 aliphatic heterocycles. The minimum atomic E-state index is -3.25. The molecule has 3 aromatic carbocycles. The zero-order valence-corrected chi connectivity index (χ0v) is 40.6. The van der Waals surface area contributed by atoms with E-state index < -0.39 is 131 Å². The Bertz CT molecular complexity index is 2040. The largest absolute Gasteiger partial charge is 1.00 e. The summed E-state index contributed by atoms with van der Waals surface area (Å²) in [4.78, 5) is 33.5. The Labute approximate surface area is 398 Å². The zero-order chi connectivity index (χ0) is 47.2. The van der Waals surface area contributed by atoms with E-state index in [1.54, 1.807) is 6.07 Å². The Hall–Kier alpha value is -3.54. The molecule has 0 bridgehead atoms. The van der Waals surface area contributed by atoms with Gasteiger partial charge in [0.25, 0.3) is 17.8 Å². The molecule has 3 aromatic rings. The average Bonchev–Trinajstić information content (AvgIpc) is 3.19. The van der Waals surface area contributed by atoms with E-state index >= 15 is 0 Å². The molecule has 1 N–H and O–H groups in total. The maximum absolute atomic E-state index is 13.9. The molecule has 1 amide bonds. The first-order chi connectivity index (χ1) is 28.1. The smallest absolute Gasteiger partial charge is 0.494 e. The quantitative estimate of drug-likeness (QED) is 0.0837. The number of hydrogen-bond acceptors (Lipinski definition) is 8. The van der Waals surface area contributed by atoms with Gasteiger partial charge in [-0.2, -0.15) is 5.26 Å². The molecule has 23 heteroatoms. The van der Waals surface area contributed by atoms with Gasteiger partial charge < -0.3 is 29.9 Å². The third kappa shape index (κ3) is 16.9. The van der Waals surface area contributed by atoms with Crippen LogP contribution >= 0.6 is 47.8 Å². The van der Waals surface area contributed by atoms with Gasteiger partial charge in [-0.05, 0) is 86.8 Å². The number of hydrogen-bond donors (Lipinski definition) is 1. The Balaban J connectivity index is 0.000000894. The van der Waals surface area contributed by atoms with E-state index in [1.165, 1.54) is 47.7 Å². The van der Waals surface area contributed by atoms with Gasteiger partial charge in [0.2, 0.25) is 0 Å². The molecule has 10 nitrogen and oxygen atoms in total. The number of ketones is 1. The van der Waals surface area contributed by atoms with Crippen LogP contribution in [0.2, 0.25) is 0 Å². The van der Waals surface area contributed by atoms with E-state index in [0.717, 1.165) is 36.4 Å². The van der Waals surface area contributed by atoms with E-state index in [9.17, 15) is 53.9 Å². The third-order valence-corrected chi connectivity index (χ3v) is 9.88. The first-order valence-electron chi connectivity index (χ1n) is 17.5. The average molecular weight is 1090 g/mol. The summed E-state index contributed by atoms with van der Waals surface area (Å²) in [5.41, 5.74) is -1.60. The van der Waals surface area contributed by atoms with Crippen LogP contribution < -0.4 is 43.8 Å². The molecular formula is C39H36Br3F9N3NaO7. The number of Topliss-reactive ketones (excluding diaryl/α,β-unsaturated/α-hetero) is 1. The number of alkyl halides is 6. The molecule has 0 heterocycles. The minimum absolute atomic E-state index is 0. The van der Waals surface area contributed by atoms with E-state index in [-0.39, 0.29) is 43.0 Å². The maximum Gasteiger partial charge on any atom is 1.00 e. The van der Waals surface area contributed by atoms with Gasteiger partial charge >= 0.3 is 35.5 Å². The summed E-state index contributed by atoms with van der Waals surface area (Å²) in [5, 5.41) is 28.3. The summed E-state index contributed by atoms with van der Waals surface area (Å²) in [6.45, 7) is 7.55. The van der Waals surface area contributed by atoms with Crippen LogP contribution in [-0.2, 0) is 32.2 Å². The number of amides is 1. The summed E-state index contributed by atoms with van der Waals surface area (Å²) in [6, 6.07) is 6.73. The van der Waals surface area contributed by atoms with Gasteiger partial charge in [-0.25, -0.2) is 44.3 Å². The van der Waals surface area contributed by atoms with Crippen molar-refractivity contribution in [2.24, 2.45) is 0 Å². The Kier molecular flexibility index (Phi) is 24.2. The molecule has 62 heavy (non-hydrogen) atoms. The molecule has 0 unspecified atom stereocenters. The Morgan fingerprint density at radius 3 is 1.23 bits per heavy atom. The van der Waals surface area contributed by atoms with Gasteiger partial charge in [-0.1, -0.05) is 27.0 Å². The van der Waals surface area contributed by atoms with Crippen molar-refractivity contribution < 1.29 is 103 Å². The van der Waals surface area contributed by atoms with Crippen molar-refractivity contribution in [3.05, 3.63) is 89.3 Å². The molecule has 0 fully saturated rings. The van der Waals surface area contributed by atoms with E-state index in [0.29, 0.717) is 0 Å². The molecule has 334 valence electrons. The minimum Gasteiger partial charge on any atom is -0.494 e. The number of rotatable bonds is 16. The molecule has 0 saturated carbocycles. The van der Waals surface area contributed by atoms with Gasteiger partial charge in [-0.15, -0.1) is 0 Å². The topological polar surface area (TPSA) is 161 Å². The van der Waals surface area contributed by atoms with E-state index in [2.05, 4.69) is 53.1 Å². The van der Waals surface area contributed by atoms with Crippen LogP contribution in [0.3, 0.4) is 0 Å². The van der Waals surface area contributed by atoms with Gasteiger partial charge in [-0.3, -0.25) is 9.59 Å². The number of carbonyl (C=O) groups excluding carboxylic acids is 2. The van der Waals surface area contributed by atoms with Crippen LogP contribution in [-0.4, -0.2) is 41.1 Å². The van der Waals surface area contributed by atoms with Crippen molar-refractivity contribution in [1.82, 2.24) is 0 Å². The summed E-state index contributed by atoms with van der Waals surface area (Å²) < 4.78 is 138. The third-order valence-electron chi connectivity index (χ3n) is 8.06. The zero-order valence-electron chi connectivity index (χ0n) is 33.8. The standard InChI is InChI=1S/C14H13BrF3NO2.C13H12BrF3N2O2.C12H12BrF3O3.Na/c1-3-14(17,18)9-6-10(15)11(16)7-13(9)21-8(2)12(20)4-5-19;1-3-13(16,17)8-4-9(14)10(15)5-11(8)21-7(2)12(20)19-6-18;1-3-12(15,16)7-4-8(13)9(14)5-10(7)19-6(2)11(17)18;/h6-8H,3-4H2,1-2H3;4-5,7H,3H2,1-2H3,(H,19,20);4-6H,3H2,1-2H3,(H,17,18);/q;;;+1/p-1/t8-;7-;6-;/m000./s1. The molecule has 3 rings (SSSR count). The predicted molar refractivity (Wildman–Crippen MR) is 212 cm³/mol. The summed E-state index contributed by atoms with van der Waals surface area (Å²) in [6.07, 6.45) is -4.41. The van der Waals surface area contributed by atoms with E-state index in [1.807, 2.05) is 0 Å². The first kappa shape index (κ1) is 58.5. The SMILES string of the molecule is CCC(F)(F)c1cc(Br)c(F)cc1O[C@@H](C)C(=O)CC#N.CCC(F)(F)c1cc(Br)c(F)cc1O[C@@H](C)C(=O)O.CCC(F)(F)c1cc(Br)c(F)cc1O[C@@H](C)C(=O)[N-]C#N.[Na+]. The second-order valence-corrected chi connectivity index (χ2v) is 15.0. The van der Waals surface area contributed by atoms with Crippen LogP contribution in [0.5, 0.6) is 17.2 Å².